The van der Waals surface area contributed by atoms with Gasteiger partial charge in [-0.2, -0.15) is 0 Å². The molecule has 0 spiro atoms. The third-order valence-corrected chi connectivity index (χ3v) is 8.17. The number of amides is 1. The summed E-state index contributed by atoms with van der Waals surface area (Å²) >= 11 is 0. The fourth-order valence-electron chi connectivity index (χ4n) is 3.81. The van der Waals surface area contributed by atoms with E-state index in [1.54, 1.807) is 24.3 Å². The van der Waals surface area contributed by atoms with Gasteiger partial charge in [-0.1, -0.05) is 84.9 Å². The molecule has 3 aromatic carbocycles. The van der Waals surface area contributed by atoms with Crippen LogP contribution in [0.3, 0.4) is 0 Å². The molecule has 5 N–H and O–H groups in total. The van der Waals surface area contributed by atoms with Crippen molar-refractivity contribution >= 4 is 19.2 Å². The number of nitrogens with two attached hydrogens (primary N) is 1. The molecule has 0 saturated heterocycles. The van der Waals surface area contributed by atoms with Crippen molar-refractivity contribution in [2.45, 2.75) is 31.6 Å². The van der Waals surface area contributed by atoms with E-state index in [1.165, 1.54) is 6.92 Å². The van der Waals surface area contributed by atoms with E-state index in [0.29, 0.717) is 0 Å². The Labute approximate surface area is 205 Å². The van der Waals surface area contributed by atoms with Crippen molar-refractivity contribution in [1.29, 1.82) is 0 Å². The number of hydrogen-bond acceptors (Lipinski definition) is 4. The van der Waals surface area contributed by atoms with Crippen LogP contribution in [-0.4, -0.2) is 39.9 Å². The smallest absolute Gasteiger partial charge is 0.326 e. The molecular formula is C27H31N2O5P. The number of carboxylic acids is 1. The zero-order valence-corrected chi connectivity index (χ0v) is 20.5. The van der Waals surface area contributed by atoms with Crippen LogP contribution >= 0.6 is 7.37 Å². The first-order chi connectivity index (χ1) is 16.7. The van der Waals surface area contributed by atoms with Crippen molar-refractivity contribution in [3.05, 3.63) is 96.1 Å². The van der Waals surface area contributed by atoms with E-state index in [2.05, 4.69) is 5.32 Å². The van der Waals surface area contributed by atoms with Gasteiger partial charge in [0, 0.05) is 12.6 Å². The largest absolute Gasteiger partial charge is 0.480 e. The van der Waals surface area contributed by atoms with Crippen molar-refractivity contribution in [2.75, 3.05) is 6.16 Å². The number of carbonyl (C=O) groups excluding carboxylic acids is 1. The van der Waals surface area contributed by atoms with Crippen LogP contribution in [0, 0.1) is 5.92 Å². The average Bonchev–Trinajstić information content (AvgIpc) is 2.84. The minimum absolute atomic E-state index is 0.102. The standard InChI is InChI=1S/C27H31N2O5P/c1-19(28)35(33,34)18-24(16-21-12-14-23(15-13-21)22-10-6-3-7-11-22)26(30)29-25(27(31)32)17-20-8-4-2-5-9-20/h2-15,19,24-25H,16-18,28H2,1H3,(H,29,30)(H,31,32)(H,33,34)/t19?,24-,25+/m1/s1. The van der Waals surface area contributed by atoms with E-state index >= 15 is 0 Å². The Kier molecular flexibility index (Phi) is 8.99. The monoisotopic (exact) mass is 494 g/mol. The number of carboxylic acid groups (broad SMARTS) is 1. The Morgan fingerprint density at radius 1 is 0.857 bits per heavy atom. The normalized spacial score (nSPS) is 15.4. The van der Waals surface area contributed by atoms with Crippen molar-refractivity contribution in [3.63, 3.8) is 0 Å². The fraction of sp³-hybridized carbons (Fsp3) is 0.259. The van der Waals surface area contributed by atoms with Gasteiger partial charge < -0.3 is 21.1 Å². The molecule has 8 heteroatoms. The number of benzene rings is 3. The van der Waals surface area contributed by atoms with Crippen LogP contribution < -0.4 is 11.1 Å². The zero-order chi connectivity index (χ0) is 25.4. The molecule has 2 unspecified atom stereocenters. The van der Waals surface area contributed by atoms with Crippen molar-refractivity contribution in [2.24, 2.45) is 11.7 Å². The quantitative estimate of drug-likeness (QED) is 0.299. The van der Waals surface area contributed by atoms with Crippen LogP contribution in [0.15, 0.2) is 84.9 Å². The number of nitrogens with one attached hydrogen (secondary N) is 1. The third-order valence-electron chi connectivity index (χ3n) is 5.93. The van der Waals surface area contributed by atoms with E-state index in [0.717, 1.165) is 22.3 Å². The van der Waals surface area contributed by atoms with Crippen LogP contribution in [-0.2, 0) is 27.0 Å². The van der Waals surface area contributed by atoms with Crippen molar-refractivity contribution in [1.82, 2.24) is 5.32 Å². The lowest BCUT2D eigenvalue weighted by molar-refractivity contribution is -0.142. The summed E-state index contributed by atoms with van der Waals surface area (Å²) < 4.78 is 12.7. The Morgan fingerprint density at radius 2 is 1.37 bits per heavy atom. The summed E-state index contributed by atoms with van der Waals surface area (Å²) in [5.74, 6) is -3.68. The Bertz CT molecular complexity index is 1170. The van der Waals surface area contributed by atoms with Crippen LogP contribution in [0.25, 0.3) is 11.1 Å². The van der Waals surface area contributed by atoms with E-state index in [-0.39, 0.29) is 19.0 Å². The van der Waals surface area contributed by atoms with Gasteiger partial charge in [0.15, 0.2) is 0 Å². The molecule has 0 aromatic heterocycles. The van der Waals surface area contributed by atoms with Crippen molar-refractivity contribution < 1.29 is 24.2 Å². The predicted octanol–water partition coefficient (Wildman–Crippen LogP) is 3.90. The molecule has 7 nitrogen and oxygen atoms in total. The summed E-state index contributed by atoms with van der Waals surface area (Å²) in [5, 5.41) is 12.2. The van der Waals surface area contributed by atoms with Crippen molar-refractivity contribution in [3.8, 4) is 11.1 Å². The van der Waals surface area contributed by atoms with E-state index < -0.39 is 37.0 Å². The Balaban J connectivity index is 1.79. The lowest BCUT2D eigenvalue weighted by Crippen LogP contribution is -2.46. The summed E-state index contributed by atoms with van der Waals surface area (Å²) in [7, 11) is -3.83. The molecule has 35 heavy (non-hydrogen) atoms. The molecule has 3 rings (SSSR count). The number of hydrogen-bond donors (Lipinski definition) is 4. The van der Waals surface area contributed by atoms with Crippen LogP contribution in [0.4, 0.5) is 0 Å². The highest BCUT2D eigenvalue weighted by atomic mass is 31.2. The van der Waals surface area contributed by atoms with Gasteiger partial charge in [-0.25, -0.2) is 4.79 Å². The van der Waals surface area contributed by atoms with Crippen LogP contribution in [0.5, 0.6) is 0 Å². The van der Waals surface area contributed by atoms with Crippen LogP contribution in [0.2, 0.25) is 0 Å². The summed E-state index contributed by atoms with van der Waals surface area (Å²) in [6.07, 6.45) is -0.0606. The molecular weight excluding hydrogens is 463 g/mol. The van der Waals surface area contributed by atoms with Gasteiger partial charge in [0.25, 0.3) is 0 Å². The molecule has 4 atom stereocenters. The molecule has 0 aliphatic carbocycles. The van der Waals surface area contributed by atoms with E-state index in [1.807, 2.05) is 60.7 Å². The van der Waals surface area contributed by atoms with Crippen LogP contribution in [0.1, 0.15) is 18.1 Å². The first kappa shape index (κ1) is 26.4. The highest BCUT2D eigenvalue weighted by Crippen LogP contribution is 2.46. The van der Waals surface area contributed by atoms with E-state index in [9.17, 15) is 24.2 Å². The molecule has 0 aliphatic heterocycles. The SMILES string of the molecule is CC(N)P(=O)(O)C[C@@H](Cc1ccc(-c2ccccc2)cc1)C(=O)N[C@@H](Cc1ccccc1)C(=O)O. The number of rotatable bonds is 11. The maximum absolute atomic E-state index is 13.2. The Hall–Kier alpha value is -3.25. The topological polar surface area (TPSA) is 130 Å². The van der Waals surface area contributed by atoms with Gasteiger partial charge in [0.2, 0.25) is 13.3 Å². The predicted molar refractivity (Wildman–Crippen MR) is 137 cm³/mol. The highest BCUT2D eigenvalue weighted by Gasteiger charge is 2.34. The second-order valence-corrected chi connectivity index (χ2v) is 11.4. The summed E-state index contributed by atoms with van der Waals surface area (Å²) in [5.41, 5.74) is 9.32. The van der Waals surface area contributed by atoms with Gasteiger partial charge in [0.1, 0.15) is 6.04 Å². The molecule has 0 fully saturated rings. The molecule has 3 aromatic rings. The minimum Gasteiger partial charge on any atom is -0.480 e. The molecule has 0 bridgehead atoms. The average molecular weight is 495 g/mol. The molecule has 0 saturated carbocycles. The third kappa shape index (κ3) is 7.62. The maximum Gasteiger partial charge on any atom is 0.326 e. The molecule has 1 amide bonds. The number of carbonyl (C=O) groups is 2. The zero-order valence-electron chi connectivity index (χ0n) is 19.6. The minimum atomic E-state index is -3.83. The summed E-state index contributed by atoms with van der Waals surface area (Å²) in [6, 6.07) is 25.2. The van der Waals surface area contributed by atoms with Gasteiger partial charge in [-0.05, 0) is 35.6 Å². The molecule has 0 heterocycles. The first-order valence-corrected chi connectivity index (χ1v) is 13.4. The number of aliphatic carboxylic acids is 1. The second kappa shape index (κ2) is 11.9. The van der Waals surface area contributed by atoms with Gasteiger partial charge in [0.05, 0.1) is 11.7 Å². The van der Waals surface area contributed by atoms with Gasteiger partial charge >= 0.3 is 5.97 Å². The summed E-state index contributed by atoms with van der Waals surface area (Å²) in [6.45, 7) is 1.43. The van der Waals surface area contributed by atoms with Gasteiger partial charge in [-0.15, -0.1) is 0 Å². The highest BCUT2D eigenvalue weighted by molar-refractivity contribution is 7.58. The molecule has 0 aliphatic rings. The molecule has 184 valence electrons. The van der Waals surface area contributed by atoms with E-state index in [4.69, 9.17) is 5.73 Å². The lowest BCUT2D eigenvalue weighted by Gasteiger charge is -2.24. The first-order valence-electron chi connectivity index (χ1n) is 11.4. The molecule has 0 radical (unpaired) electrons. The fourth-order valence-corrected chi connectivity index (χ4v) is 5.07. The van der Waals surface area contributed by atoms with Gasteiger partial charge in [-0.3, -0.25) is 9.36 Å². The lowest BCUT2D eigenvalue weighted by atomic mass is 9.97. The Morgan fingerprint density at radius 3 is 1.91 bits per heavy atom. The summed E-state index contributed by atoms with van der Waals surface area (Å²) in [4.78, 5) is 35.4. The second-order valence-electron chi connectivity index (χ2n) is 8.73. The maximum atomic E-state index is 13.2.